The zero-order valence-electron chi connectivity index (χ0n) is 18.5. The van der Waals surface area contributed by atoms with Crippen LogP contribution >= 0.6 is 27.5 Å². The molecule has 0 aliphatic heterocycles. The second kappa shape index (κ2) is 12.0. The molecule has 0 heterocycles. The first-order valence-electron chi connectivity index (χ1n) is 10.3. The number of para-hydroxylation sites is 1. The average molecular weight is 557 g/mol. The second-order valence-electron chi connectivity index (χ2n) is 7.07. The number of nitriles is 1. The van der Waals surface area contributed by atoms with Crippen molar-refractivity contribution in [1.82, 2.24) is 0 Å². The van der Waals surface area contributed by atoms with Gasteiger partial charge in [-0.2, -0.15) is 5.26 Å². The average Bonchev–Trinajstić information content (AvgIpc) is 2.84. The zero-order valence-corrected chi connectivity index (χ0v) is 20.8. The molecule has 8 nitrogen and oxygen atoms in total. The first-order chi connectivity index (χ1) is 16.8. The number of rotatable bonds is 9. The molecule has 1 N–H and O–H groups in total. The van der Waals surface area contributed by atoms with Crippen molar-refractivity contribution >= 4 is 50.9 Å². The Kier molecular flexibility index (Phi) is 8.84. The molecular formula is C25H19BrClN3O5. The lowest BCUT2D eigenvalue weighted by molar-refractivity contribution is -0.384. The van der Waals surface area contributed by atoms with Gasteiger partial charge in [0.05, 0.1) is 22.2 Å². The van der Waals surface area contributed by atoms with Crippen molar-refractivity contribution in [3.63, 3.8) is 0 Å². The molecule has 3 aromatic carbocycles. The SMILES string of the molecule is CCOc1cc(/C=C(\C#N)C(=O)Nc2ccccc2Cl)c(Br)cc1OCc1ccc([N+](=O)[O-])cc1. The van der Waals surface area contributed by atoms with E-state index in [4.69, 9.17) is 21.1 Å². The van der Waals surface area contributed by atoms with Crippen LogP contribution in [0.15, 0.2) is 70.7 Å². The van der Waals surface area contributed by atoms with Crippen LogP contribution in [0.4, 0.5) is 11.4 Å². The molecule has 1 amide bonds. The number of non-ortho nitro benzene ring substituents is 1. The lowest BCUT2D eigenvalue weighted by Crippen LogP contribution is -2.13. The second-order valence-corrected chi connectivity index (χ2v) is 8.33. The molecule has 35 heavy (non-hydrogen) atoms. The van der Waals surface area contributed by atoms with E-state index in [-0.39, 0.29) is 17.9 Å². The van der Waals surface area contributed by atoms with Crippen LogP contribution in [0.5, 0.6) is 11.5 Å². The predicted molar refractivity (Wildman–Crippen MR) is 136 cm³/mol. The van der Waals surface area contributed by atoms with E-state index in [1.54, 1.807) is 48.5 Å². The van der Waals surface area contributed by atoms with Crippen molar-refractivity contribution in [1.29, 1.82) is 5.26 Å². The minimum absolute atomic E-state index is 0.00508. The Bertz CT molecular complexity index is 1320. The molecular weight excluding hydrogens is 538 g/mol. The largest absolute Gasteiger partial charge is 0.490 e. The van der Waals surface area contributed by atoms with Crippen LogP contribution < -0.4 is 14.8 Å². The molecule has 3 aromatic rings. The molecule has 0 radical (unpaired) electrons. The van der Waals surface area contributed by atoms with E-state index in [1.165, 1.54) is 18.2 Å². The predicted octanol–water partition coefficient (Wildman–Crippen LogP) is 6.53. The van der Waals surface area contributed by atoms with Gasteiger partial charge in [0.1, 0.15) is 18.2 Å². The van der Waals surface area contributed by atoms with Gasteiger partial charge in [-0.3, -0.25) is 14.9 Å². The highest BCUT2D eigenvalue weighted by Gasteiger charge is 2.15. The highest BCUT2D eigenvalue weighted by atomic mass is 79.9. The van der Waals surface area contributed by atoms with E-state index in [0.717, 1.165) is 5.56 Å². The van der Waals surface area contributed by atoms with Gasteiger partial charge in [0.15, 0.2) is 11.5 Å². The van der Waals surface area contributed by atoms with Gasteiger partial charge in [0.25, 0.3) is 11.6 Å². The minimum Gasteiger partial charge on any atom is -0.490 e. The van der Waals surface area contributed by atoms with Gasteiger partial charge in [-0.25, -0.2) is 0 Å². The standard InChI is InChI=1S/C25H19BrClN3O5/c1-2-34-23-12-17(11-18(14-28)25(31)29-22-6-4-3-5-21(22)27)20(26)13-24(23)35-15-16-7-9-19(10-8-16)30(32)33/h3-13H,2,15H2,1H3,(H,29,31)/b18-11+. The number of hydrogen-bond acceptors (Lipinski definition) is 6. The number of ether oxygens (including phenoxy) is 2. The Hall–Kier alpha value is -3.87. The van der Waals surface area contributed by atoms with Crippen LogP contribution in [-0.4, -0.2) is 17.4 Å². The number of nitrogens with one attached hydrogen (secondary N) is 1. The van der Waals surface area contributed by atoms with E-state index in [1.807, 2.05) is 13.0 Å². The maximum Gasteiger partial charge on any atom is 0.269 e. The van der Waals surface area contributed by atoms with Gasteiger partial charge in [0, 0.05) is 16.6 Å². The summed E-state index contributed by atoms with van der Waals surface area (Å²) in [5, 5.41) is 23.4. The van der Waals surface area contributed by atoms with Crippen LogP contribution in [0, 0.1) is 21.4 Å². The summed E-state index contributed by atoms with van der Waals surface area (Å²) in [5.74, 6) is 0.227. The molecule has 0 atom stereocenters. The van der Waals surface area contributed by atoms with Crippen LogP contribution in [0.1, 0.15) is 18.1 Å². The number of carbonyl (C=O) groups is 1. The third kappa shape index (κ3) is 6.82. The number of nitrogens with zero attached hydrogens (tertiary/aromatic N) is 2. The molecule has 10 heteroatoms. The molecule has 0 saturated carbocycles. The van der Waals surface area contributed by atoms with E-state index in [9.17, 15) is 20.2 Å². The number of anilines is 1. The monoisotopic (exact) mass is 555 g/mol. The Morgan fingerprint density at radius 1 is 1.17 bits per heavy atom. The molecule has 0 aliphatic rings. The molecule has 0 saturated heterocycles. The van der Waals surface area contributed by atoms with Crippen molar-refractivity contribution in [2.24, 2.45) is 0 Å². The molecule has 0 unspecified atom stereocenters. The highest BCUT2D eigenvalue weighted by Crippen LogP contribution is 2.35. The Labute approximate surface area is 215 Å². The van der Waals surface area contributed by atoms with E-state index in [0.29, 0.717) is 38.9 Å². The summed E-state index contributed by atoms with van der Waals surface area (Å²) in [4.78, 5) is 23.0. The van der Waals surface area contributed by atoms with Gasteiger partial charge >= 0.3 is 0 Å². The molecule has 0 bridgehead atoms. The van der Waals surface area contributed by atoms with E-state index in [2.05, 4.69) is 21.2 Å². The van der Waals surface area contributed by atoms with Gasteiger partial charge in [-0.15, -0.1) is 0 Å². The first kappa shape index (κ1) is 25.7. The fourth-order valence-corrected chi connectivity index (χ4v) is 3.59. The Balaban J connectivity index is 1.83. The molecule has 0 aliphatic carbocycles. The maximum absolute atomic E-state index is 12.6. The van der Waals surface area contributed by atoms with Crippen molar-refractivity contribution < 1.29 is 19.2 Å². The quantitative estimate of drug-likeness (QED) is 0.139. The van der Waals surface area contributed by atoms with Crippen molar-refractivity contribution in [2.45, 2.75) is 13.5 Å². The van der Waals surface area contributed by atoms with Crippen LogP contribution in [-0.2, 0) is 11.4 Å². The highest BCUT2D eigenvalue weighted by molar-refractivity contribution is 9.10. The van der Waals surface area contributed by atoms with Crippen molar-refractivity contribution in [3.8, 4) is 17.6 Å². The third-order valence-electron chi connectivity index (χ3n) is 4.69. The summed E-state index contributed by atoms with van der Waals surface area (Å²) >= 11 is 9.54. The van der Waals surface area contributed by atoms with Crippen LogP contribution in [0.25, 0.3) is 6.08 Å². The molecule has 178 valence electrons. The number of halogens is 2. The normalized spacial score (nSPS) is 10.9. The maximum atomic E-state index is 12.6. The summed E-state index contributed by atoms with van der Waals surface area (Å²) in [6.45, 7) is 2.33. The van der Waals surface area contributed by atoms with E-state index >= 15 is 0 Å². The number of amides is 1. The summed E-state index contributed by atoms with van der Waals surface area (Å²) in [6, 6.07) is 18.0. The fraction of sp³-hybridized carbons (Fsp3) is 0.120. The smallest absolute Gasteiger partial charge is 0.269 e. The summed E-state index contributed by atoms with van der Waals surface area (Å²) in [7, 11) is 0. The molecule has 3 rings (SSSR count). The van der Waals surface area contributed by atoms with Gasteiger partial charge in [0.2, 0.25) is 0 Å². The lowest BCUT2D eigenvalue weighted by Gasteiger charge is -2.14. The number of nitro groups is 1. The zero-order chi connectivity index (χ0) is 25.4. The summed E-state index contributed by atoms with van der Waals surface area (Å²) in [5.41, 5.74) is 1.52. The number of carbonyl (C=O) groups excluding carboxylic acids is 1. The number of benzene rings is 3. The van der Waals surface area contributed by atoms with Crippen LogP contribution in [0.2, 0.25) is 5.02 Å². The topological polar surface area (TPSA) is 114 Å². The van der Waals surface area contributed by atoms with Crippen molar-refractivity contribution in [2.75, 3.05) is 11.9 Å². The summed E-state index contributed by atoms with van der Waals surface area (Å²) < 4.78 is 12.1. The lowest BCUT2D eigenvalue weighted by atomic mass is 10.1. The summed E-state index contributed by atoms with van der Waals surface area (Å²) in [6.07, 6.45) is 1.43. The number of nitro benzene ring substituents is 1. The number of hydrogen-bond donors (Lipinski definition) is 1. The van der Waals surface area contributed by atoms with Gasteiger partial charge in [-0.05, 0) is 60.5 Å². The third-order valence-corrected chi connectivity index (χ3v) is 5.71. The minimum atomic E-state index is -0.607. The van der Waals surface area contributed by atoms with Gasteiger partial charge in [-0.1, -0.05) is 39.7 Å². The molecule has 0 aromatic heterocycles. The Morgan fingerprint density at radius 3 is 2.49 bits per heavy atom. The molecule has 0 spiro atoms. The van der Waals surface area contributed by atoms with Gasteiger partial charge < -0.3 is 14.8 Å². The van der Waals surface area contributed by atoms with Crippen molar-refractivity contribution in [3.05, 3.63) is 97.0 Å². The first-order valence-corrected chi connectivity index (χ1v) is 11.5. The molecule has 0 fully saturated rings. The van der Waals surface area contributed by atoms with Crippen LogP contribution in [0.3, 0.4) is 0 Å². The fourth-order valence-electron chi connectivity index (χ4n) is 2.97. The van der Waals surface area contributed by atoms with E-state index < -0.39 is 10.8 Å². The Morgan fingerprint density at radius 2 is 1.86 bits per heavy atom.